The summed E-state index contributed by atoms with van der Waals surface area (Å²) in [6, 6.07) is 16.6. The minimum absolute atomic E-state index is 0.248. The summed E-state index contributed by atoms with van der Waals surface area (Å²) in [4.78, 5) is 26.1. The Morgan fingerprint density at radius 3 is 2.55 bits per heavy atom. The summed E-state index contributed by atoms with van der Waals surface area (Å²) in [5, 5.41) is 0.347. The molecule has 1 aliphatic heterocycles. The van der Waals surface area contributed by atoms with Crippen LogP contribution in [0.1, 0.15) is 11.1 Å². The molecule has 2 aromatic carbocycles. The molecule has 1 heterocycles. The van der Waals surface area contributed by atoms with Crippen molar-refractivity contribution in [3.8, 4) is 0 Å². The molecule has 1 fully saturated rings. The highest BCUT2D eigenvalue weighted by Gasteiger charge is 2.34. The summed E-state index contributed by atoms with van der Waals surface area (Å²) >= 11 is 6.89. The molecule has 110 valence electrons. The molecule has 0 atom stereocenters. The van der Waals surface area contributed by atoms with E-state index >= 15 is 0 Å². The number of carbonyl (C=O) groups excluding carboxylic acids is 2. The van der Waals surface area contributed by atoms with Gasteiger partial charge in [-0.25, -0.2) is 0 Å². The number of halogens is 1. The van der Waals surface area contributed by atoms with Gasteiger partial charge in [-0.2, -0.15) is 0 Å². The van der Waals surface area contributed by atoms with E-state index in [-0.39, 0.29) is 11.1 Å². The molecule has 3 rings (SSSR count). The van der Waals surface area contributed by atoms with Gasteiger partial charge in [0.15, 0.2) is 0 Å². The average Bonchev–Trinajstić information content (AvgIpc) is 2.76. The quantitative estimate of drug-likeness (QED) is 0.774. The maximum Gasteiger partial charge on any atom is 0.293 e. The number of hydrogen-bond acceptors (Lipinski definition) is 3. The maximum absolute atomic E-state index is 12.4. The van der Waals surface area contributed by atoms with Crippen LogP contribution in [0.2, 0.25) is 5.02 Å². The molecule has 0 aromatic heterocycles. The zero-order valence-electron chi connectivity index (χ0n) is 11.5. The summed E-state index contributed by atoms with van der Waals surface area (Å²) in [5.41, 5.74) is 1.73. The van der Waals surface area contributed by atoms with Crippen molar-refractivity contribution >= 4 is 40.6 Å². The van der Waals surface area contributed by atoms with Gasteiger partial charge in [0.2, 0.25) is 0 Å². The third kappa shape index (κ3) is 3.24. The molecule has 0 aliphatic carbocycles. The highest BCUT2D eigenvalue weighted by atomic mass is 35.5. The van der Waals surface area contributed by atoms with E-state index in [2.05, 4.69) is 0 Å². The van der Waals surface area contributed by atoms with Crippen molar-refractivity contribution in [3.63, 3.8) is 0 Å². The molecular formula is C17H12ClNO2S. The maximum atomic E-state index is 12.4. The van der Waals surface area contributed by atoms with E-state index in [9.17, 15) is 9.59 Å². The van der Waals surface area contributed by atoms with Crippen molar-refractivity contribution in [2.24, 2.45) is 0 Å². The first-order chi connectivity index (χ1) is 10.6. The molecule has 0 saturated carbocycles. The lowest BCUT2D eigenvalue weighted by Crippen LogP contribution is -2.27. The fourth-order valence-electron chi connectivity index (χ4n) is 2.15. The highest BCUT2D eigenvalue weighted by molar-refractivity contribution is 8.18. The zero-order valence-corrected chi connectivity index (χ0v) is 13.1. The molecule has 2 aromatic rings. The first-order valence-corrected chi connectivity index (χ1v) is 7.88. The molecule has 0 N–H and O–H groups in total. The Hall–Kier alpha value is -2.04. The zero-order chi connectivity index (χ0) is 15.5. The third-order valence-electron chi connectivity index (χ3n) is 3.20. The molecule has 22 heavy (non-hydrogen) atoms. The topological polar surface area (TPSA) is 37.4 Å². The van der Waals surface area contributed by atoms with Crippen molar-refractivity contribution in [1.29, 1.82) is 0 Å². The van der Waals surface area contributed by atoms with Gasteiger partial charge in [-0.3, -0.25) is 14.5 Å². The Balaban J connectivity index is 1.82. The van der Waals surface area contributed by atoms with E-state index < -0.39 is 0 Å². The molecule has 1 saturated heterocycles. The lowest BCUT2D eigenvalue weighted by molar-refractivity contribution is -0.123. The summed E-state index contributed by atoms with van der Waals surface area (Å²) in [6.07, 6.45) is 1.70. The number of imide groups is 1. The molecule has 2 amide bonds. The SMILES string of the molecule is O=C1S/C(=C\c2cccc(Cl)c2)C(=O)N1Cc1ccccc1. The van der Waals surface area contributed by atoms with Crippen LogP contribution in [0.5, 0.6) is 0 Å². The number of rotatable bonds is 3. The van der Waals surface area contributed by atoms with Crippen molar-refractivity contribution in [3.05, 3.63) is 75.7 Å². The van der Waals surface area contributed by atoms with Crippen LogP contribution in [-0.2, 0) is 11.3 Å². The van der Waals surface area contributed by atoms with Crippen LogP contribution in [0, 0.1) is 0 Å². The van der Waals surface area contributed by atoms with Crippen molar-refractivity contribution < 1.29 is 9.59 Å². The second-order valence-corrected chi connectivity index (χ2v) is 6.24. The molecular weight excluding hydrogens is 318 g/mol. The number of nitrogens with zero attached hydrogens (tertiary/aromatic N) is 1. The van der Waals surface area contributed by atoms with Gasteiger partial charge in [-0.15, -0.1) is 0 Å². The van der Waals surface area contributed by atoms with E-state index in [1.54, 1.807) is 18.2 Å². The molecule has 0 spiro atoms. The van der Waals surface area contributed by atoms with E-state index in [0.717, 1.165) is 22.9 Å². The molecule has 5 heteroatoms. The fraction of sp³-hybridized carbons (Fsp3) is 0.0588. The summed E-state index contributed by atoms with van der Waals surface area (Å²) in [6.45, 7) is 0.290. The van der Waals surface area contributed by atoms with Crippen LogP contribution in [0.4, 0.5) is 4.79 Å². The van der Waals surface area contributed by atoms with Gasteiger partial charge in [0.25, 0.3) is 11.1 Å². The average molecular weight is 330 g/mol. The van der Waals surface area contributed by atoms with Gasteiger partial charge < -0.3 is 0 Å². The van der Waals surface area contributed by atoms with Crippen molar-refractivity contribution in [2.75, 3.05) is 0 Å². The van der Waals surface area contributed by atoms with Crippen LogP contribution < -0.4 is 0 Å². The second kappa shape index (κ2) is 6.38. The Morgan fingerprint density at radius 1 is 1.05 bits per heavy atom. The van der Waals surface area contributed by atoms with Crippen LogP contribution in [-0.4, -0.2) is 16.0 Å². The minimum Gasteiger partial charge on any atom is -0.268 e. The first kappa shape index (κ1) is 14.9. The molecule has 3 nitrogen and oxygen atoms in total. The van der Waals surface area contributed by atoms with E-state index in [4.69, 9.17) is 11.6 Å². The normalized spacial score (nSPS) is 16.6. The van der Waals surface area contributed by atoms with Crippen molar-refractivity contribution in [1.82, 2.24) is 4.90 Å². The summed E-state index contributed by atoms with van der Waals surface area (Å²) in [7, 11) is 0. The Morgan fingerprint density at radius 2 is 1.82 bits per heavy atom. The molecule has 1 aliphatic rings. The number of hydrogen-bond donors (Lipinski definition) is 0. The number of thioether (sulfide) groups is 1. The number of benzene rings is 2. The van der Waals surface area contributed by atoms with Gasteiger partial charge in [-0.05, 0) is 41.1 Å². The lowest BCUT2D eigenvalue weighted by Gasteiger charge is -2.12. The van der Waals surface area contributed by atoms with Gasteiger partial charge in [0, 0.05) is 5.02 Å². The van der Waals surface area contributed by atoms with Crippen LogP contribution >= 0.6 is 23.4 Å². The monoisotopic (exact) mass is 329 g/mol. The van der Waals surface area contributed by atoms with Crippen LogP contribution in [0.3, 0.4) is 0 Å². The second-order valence-electron chi connectivity index (χ2n) is 4.81. The largest absolute Gasteiger partial charge is 0.293 e. The number of amides is 2. The van der Waals surface area contributed by atoms with Gasteiger partial charge in [-0.1, -0.05) is 54.1 Å². The fourth-order valence-corrected chi connectivity index (χ4v) is 3.19. The van der Waals surface area contributed by atoms with Crippen molar-refractivity contribution in [2.45, 2.75) is 6.54 Å². The minimum atomic E-state index is -0.265. The van der Waals surface area contributed by atoms with E-state index in [1.165, 1.54) is 4.90 Å². The standard InChI is InChI=1S/C17H12ClNO2S/c18-14-8-4-7-13(9-14)10-15-16(20)19(17(21)22-15)11-12-5-2-1-3-6-12/h1-10H,11H2/b15-10-. The highest BCUT2D eigenvalue weighted by Crippen LogP contribution is 2.33. The van der Waals surface area contributed by atoms with Gasteiger partial charge in [0.05, 0.1) is 11.4 Å². The predicted molar refractivity (Wildman–Crippen MR) is 89.4 cm³/mol. The lowest BCUT2D eigenvalue weighted by atomic mass is 10.2. The summed E-state index contributed by atoms with van der Waals surface area (Å²) in [5.74, 6) is -0.265. The van der Waals surface area contributed by atoms with Gasteiger partial charge in [0.1, 0.15) is 0 Å². The van der Waals surface area contributed by atoms with Crippen LogP contribution in [0.15, 0.2) is 59.5 Å². The first-order valence-electron chi connectivity index (χ1n) is 6.68. The smallest absolute Gasteiger partial charge is 0.268 e. The Bertz CT molecular complexity index is 758. The number of carbonyl (C=O) groups is 2. The predicted octanol–water partition coefficient (Wildman–Crippen LogP) is 4.58. The Kier molecular flexibility index (Phi) is 4.32. The molecule has 0 unspecified atom stereocenters. The molecule has 0 radical (unpaired) electrons. The third-order valence-corrected chi connectivity index (χ3v) is 4.35. The van der Waals surface area contributed by atoms with Gasteiger partial charge >= 0.3 is 0 Å². The van der Waals surface area contributed by atoms with E-state index in [1.807, 2.05) is 42.5 Å². The summed E-state index contributed by atoms with van der Waals surface area (Å²) < 4.78 is 0. The van der Waals surface area contributed by atoms with Crippen LogP contribution in [0.25, 0.3) is 6.08 Å². The Labute approximate surface area is 137 Å². The van der Waals surface area contributed by atoms with E-state index in [0.29, 0.717) is 16.5 Å². The molecule has 0 bridgehead atoms.